The fourth-order valence-corrected chi connectivity index (χ4v) is 2.10. The van der Waals surface area contributed by atoms with Crippen LogP contribution < -0.4 is 10.6 Å². The molecule has 118 valence electrons. The Morgan fingerprint density at radius 1 is 1.24 bits per heavy atom. The number of pyridine rings is 1. The minimum atomic E-state index is 0.534. The summed E-state index contributed by atoms with van der Waals surface area (Å²) in [5.41, 5.74) is 1.17. The normalized spacial score (nSPS) is 11.8. The van der Waals surface area contributed by atoms with Crippen molar-refractivity contribution in [3.05, 3.63) is 29.0 Å². The Kier molecular flexibility index (Phi) is 8.83. The van der Waals surface area contributed by atoms with Crippen molar-refractivity contribution in [1.29, 1.82) is 0 Å². The third-order valence-corrected chi connectivity index (χ3v) is 3.72. The van der Waals surface area contributed by atoms with Crippen molar-refractivity contribution in [3.63, 3.8) is 0 Å². The number of hydrogen-bond donors (Lipinski definition) is 2. The molecule has 1 heterocycles. The molecule has 1 rings (SSSR count). The Balaban J connectivity index is 2.43. The van der Waals surface area contributed by atoms with Crippen LogP contribution in [0.25, 0.3) is 0 Å². The standard InChI is InChI=1S/C16H27ClN4/c1-4-13(5-2)11-21-16(18-6-3)19-10-9-14-7-8-15(17)20-12-14/h7-8,12-13H,4-6,9-11H2,1-3H3,(H2,18,19,21). The monoisotopic (exact) mass is 310 g/mol. The molecule has 0 fully saturated rings. The Hall–Kier alpha value is -1.29. The van der Waals surface area contributed by atoms with Gasteiger partial charge in [0.05, 0.1) is 0 Å². The average Bonchev–Trinajstić information content (AvgIpc) is 2.50. The smallest absolute Gasteiger partial charge is 0.191 e. The Morgan fingerprint density at radius 2 is 2.00 bits per heavy atom. The van der Waals surface area contributed by atoms with E-state index in [9.17, 15) is 0 Å². The third kappa shape index (κ3) is 7.32. The van der Waals surface area contributed by atoms with Gasteiger partial charge in [0.1, 0.15) is 5.15 Å². The van der Waals surface area contributed by atoms with Crippen LogP contribution in [-0.4, -0.2) is 30.6 Å². The fourth-order valence-electron chi connectivity index (χ4n) is 1.99. The van der Waals surface area contributed by atoms with Gasteiger partial charge in [-0.2, -0.15) is 0 Å². The van der Waals surface area contributed by atoms with Crippen molar-refractivity contribution in [3.8, 4) is 0 Å². The van der Waals surface area contributed by atoms with Crippen molar-refractivity contribution >= 4 is 17.6 Å². The van der Waals surface area contributed by atoms with Crippen LogP contribution in [0.1, 0.15) is 39.2 Å². The lowest BCUT2D eigenvalue weighted by molar-refractivity contribution is 0.504. The molecule has 2 N–H and O–H groups in total. The van der Waals surface area contributed by atoms with E-state index in [1.165, 1.54) is 18.4 Å². The van der Waals surface area contributed by atoms with E-state index in [4.69, 9.17) is 11.6 Å². The highest BCUT2D eigenvalue weighted by atomic mass is 35.5. The molecule has 0 saturated carbocycles. The molecule has 0 radical (unpaired) electrons. The van der Waals surface area contributed by atoms with Gasteiger partial charge >= 0.3 is 0 Å². The summed E-state index contributed by atoms with van der Waals surface area (Å²) in [7, 11) is 0. The van der Waals surface area contributed by atoms with E-state index >= 15 is 0 Å². The number of aromatic nitrogens is 1. The molecular formula is C16H27ClN4. The Labute approximate surface area is 133 Å². The van der Waals surface area contributed by atoms with E-state index in [0.717, 1.165) is 32.0 Å². The van der Waals surface area contributed by atoms with Gasteiger partial charge in [-0.15, -0.1) is 0 Å². The second kappa shape index (κ2) is 10.4. The summed E-state index contributed by atoms with van der Waals surface area (Å²) in [6.45, 7) is 9.10. The molecule has 0 bridgehead atoms. The zero-order valence-corrected chi connectivity index (χ0v) is 14.1. The third-order valence-electron chi connectivity index (χ3n) is 3.50. The zero-order chi connectivity index (χ0) is 15.5. The van der Waals surface area contributed by atoms with Crippen molar-refractivity contribution in [1.82, 2.24) is 15.6 Å². The molecule has 0 unspecified atom stereocenters. The van der Waals surface area contributed by atoms with Crippen LogP contribution in [0, 0.1) is 5.92 Å². The van der Waals surface area contributed by atoms with Gasteiger partial charge in [-0.3, -0.25) is 4.99 Å². The predicted molar refractivity (Wildman–Crippen MR) is 91.0 cm³/mol. The fraction of sp³-hybridized carbons (Fsp3) is 0.625. The molecule has 5 heteroatoms. The molecule has 0 aromatic carbocycles. The summed E-state index contributed by atoms with van der Waals surface area (Å²) < 4.78 is 0. The predicted octanol–water partition coefficient (Wildman–Crippen LogP) is 3.27. The van der Waals surface area contributed by atoms with E-state index in [2.05, 4.69) is 41.4 Å². The van der Waals surface area contributed by atoms with E-state index in [1.54, 1.807) is 0 Å². The average molecular weight is 311 g/mol. The first-order valence-electron chi connectivity index (χ1n) is 7.82. The summed E-state index contributed by atoms with van der Waals surface area (Å²) in [4.78, 5) is 8.75. The number of hydrogen-bond acceptors (Lipinski definition) is 2. The maximum Gasteiger partial charge on any atom is 0.191 e. The van der Waals surface area contributed by atoms with Crippen LogP contribution in [-0.2, 0) is 6.42 Å². The van der Waals surface area contributed by atoms with E-state index in [0.29, 0.717) is 11.1 Å². The van der Waals surface area contributed by atoms with Gasteiger partial charge in [-0.1, -0.05) is 44.4 Å². The van der Waals surface area contributed by atoms with Crippen molar-refractivity contribution in [2.75, 3.05) is 19.6 Å². The van der Waals surface area contributed by atoms with E-state index < -0.39 is 0 Å². The first-order chi connectivity index (χ1) is 10.2. The first kappa shape index (κ1) is 17.8. The minimum Gasteiger partial charge on any atom is -0.357 e. The van der Waals surface area contributed by atoms with Gasteiger partial charge in [0.2, 0.25) is 0 Å². The number of rotatable bonds is 8. The van der Waals surface area contributed by atoms with Gasteiger partial charge in [-0.05, 0) is 30.9 Å². The SMILES string of the molecule is CCNC(=NCC(CC)CC)NCCc1ccc(Cl)nc1. The molecule has 0 amide bonds. The lowest BCUT2D eigenvalue weighted by Gasteiger charge is -2.14. The lowest BCUT2D eigenvalue weighted by atomic mass is 10.0. The topological polar surface area (TPSA) is 49.3 Å². The minimum absolute atomic E-state index is 0.534. The van der Waals surface area contributed by atoms with Crippen LogP contribution >= 0.6 is 11.6 Å². The second-order valence-corrected chi connectivity index (χ2v) is 5.46. The van der Waals surface area contributed by atoms with Crippen molar-refractivity contribution in [2.24, 2.45) is 10.9 Å². The number of guanidine groups is 1. The Morgan fingerprint density at radius 3 is 2.57 bits per heavy atom. The maximum atomic E-state index is 5.78. The van der Waals surface area contributed by atoms with E-state index in [-0.39, 0.29) is 0 Å². The molecule has 1 aromatic heterocycles. The second-order valence-electron chi connectivity index (χ2n) is 5.07. The molecule has 4 nitrogen and oxygen atoms in total. The molecule has 1 aromatic rings. The molecule has 0 aliphatic carbocycles. The highest BCUT2D eigenvalue weighted by molar-refractivity contribution is 6.29. The molecule has 0 atom stereocenters. The van der Waals surface area contributed by atoms with Gasteiger partial charge in [0.15, 0.2) is 5.96 Å². The number of nitrogens with zero attached hydrogens (tertiary/aromatic N) is 2. The van der Waals surface area contributed by atoms with Gasteiger partial charge in [-0.25, -0.2) is 4.98 Å². The lowest BCUT2D eigenvalue weighted by Crippen LogP contribution is -2.38. The van der Waals surface area contributed by atoms with Crippen molar-refractivity contribution < 1.29 is 0 Å². The summed E-state index contributed by atoms with van der Waals surface area (Å²) in [6, 6.07) is 3.83. The summed E-state index contributed by atoms with van der Waals surface area (Å²) in [6.07, 6.45) is 5.07. The van der Waals surface area contributed by atoms with Gasteiger partial charge in [0.25, 0.3) is 0 Å². The van der Waals surface area contributed by atoms with Crippen LogP contribution in [0.3, 0.4) is 0 Å². The maximum absolute atomic E-state index is 5.78. The van der Waals surface area contributed by atoms with Crippen LogP contribution in [0.15, 0.2) is 23.3 Å². The summed E-state index contributed by atoms with van der Waals surface area (Å²) in [5, 5.41) is 7.18. The summed E-state index contributed by atoms with van der Waals surface area (Å²) in [5.74, 6) is 1.56. The van der Waals surface area contributed by atoms with Crippen molar-refractivity contribution in [2.45, 2.75) is 40.0 Å². The molecule has 0 aliphatic heterocycles. The molecule has 0 saturated heterocycles. The largest absolute Gasteiger partial charge is 0.357 e. The highest BCUT2D eigenvalue weighted by Gasteiger charge is 2.03. The van der Waals surface area contributed by atoms with Crippen LogP contribution in [0.4, 0.5) is 0 Å². The van der Waals surface area contributed by atoms with Gasteiger partial charge < -0.3 is 10.6 Å². The quantitative estimate of drug-likeness (QED) is 0.440. The van der Waals surface area contributed by atoms with Crippen LogP contribution in [0.2, 0.25) is 5.15 Å². The number of halogens is 1. The zero-order valence-electron chi connectivity index (χ0n) is 13.3. The first-order valence-corrected chi connectivity index (χ1v) is 8.19. The molecule has 21 heavy (non-hydrogen) atoms. The number of aliphatic imine (C=N–C) groups is 1. The highest BCUT2D eigenvalue weighted by Crippen LogP contribution is 2.07. The molecule has 0 spiro atoms. The Bertz CT molecular complexity index is 413. The van der Waals surface area contributed by atoms with Crippen LogP contribution in [0.5, 0.6) is 0 Å². The molecular weight excluding hydrogens is 284 g/mol. The number of nitrogens with one attached hydrogen (secondary N) is 2. The van der Waals surface area contributed by atoms with E-state index in [1.807, 2.05) is 18.3 Å². The summed E-state index contributed by atoms with van der Waals surface area (Å²) >= 11 is 5.78. The molecule has 0 aliphatic rings. The van der Waals surface area contributed by atoms with Gasteiger partial charge in [0, 0.05) is 25.8 Å².